The number of aromatic amines is 1. The van der Waals surface area contributed by atoms with E-state index in [9.17, 15) is 13.6 Å². The highest BCUT2D eigenvalue weighted by Crippen LogP contribution is 2.33. The molecule has 140 valence electrons. The maximum Gasteiger partial charge on any atom is 0.268 e. The number of fused-ring (bicyclic) bond motifs is 1. The summed E-state index contributed by atoms with van der Waals surface area (Å²) >= 11 is 0. The van der Waals surface area contributed by atoms with E-state index in [0.29, 0.717) is 27.7 Å². The Labute approximate surface area is 161 Å². The summed E-state index contributed by atoms with van der Waals surface area (Å²) < 4.78 is 27.8. The molecule has 1 heterocycles. The van der Waals surface area contributed by atoms with Gasteiger partial charge < -0.3 is 10.3 Å². The Kier molecular flexibility index (Phi) is 4.65. The highest BCUT2D eigenvalue weighted by molar-refractivity contribution is 6.09. The lowest BCUT2D eigenvalue weighted by atomic mass is 10.0. The fourth-order valence-corrected chi connectivity index (χ4v) is 3.34. The molecule has 2 N–H and O–H groups in total. The summed E-state index contributed by atoms with van der Waals surface area (Å²) in [7, 11) is 0. The Balaban J connectivity index is 1.73. The molecule has 0 aliphatic heterocycles. The molecule has 0 fully saturated rings. The Morgan fingerprint density at radius 1 is 1.00 bits per heavy atom. The van der Waals surface area contributed by atoms with Crippen LogP contribution in [0.15, 0.2) is 66.7 Å². The van der Waals surface area contributed by atoms with Crippen LogP contribution in [0.4, 0.5) is 8.78 Å². The predicted molar refractivity (Wildman–Crippen MR) is 106 cm³/mol. The molecule has 28 heavy (non-hydrogen) atoms. The van der Waals surface area contributed by atoms with E-state index in [2.05, 4.69) is 10.3 Å². The molecule has 0 atom stereocenters. The maximum atomic E-state index is 14.0. The molecule has 4 aromatic rings. The zero-order valence-corrected chi connectivity index (χ0v) is 15.2. The molecular formula is C23H18F2N2O. The number of hydrogen-bond donors (Lipinski definition) is 2. The van der Waals surface area contributed by atoms with Gasteiger partial charge in [-0.05, 0) is 36.8 Å². The molecular weight excluding hydrogens is 358 g/mol. The largest absolute Gasteiger partial charge is 0.350 e. The molecule has 1 amide bonds. The average Bonchev–Trinajstić information content (AvgIpc) is 3.07. The number of nitrogens with one attached hydrogen (secondary N) is 2. The van der Waals surface area contributed by atoms with Crippen LogP contribution in [0.3, 0.4) is 0 Å². The normalized spacial score (nSPS) is 11.0. The smallest absolute Gasteiger partial charge is 0.268 e. The summed E-state index contributed by atoms with van der Waals surface area (Å²) in [5, 5.41) is 3.39. The second-order valence-corrected chi connectivity index (χ2v) is 6.71. The van der Waals surface area contributed by atoms with E-state index in [1.54, 1.807) is 18.2 Å². The number of H-pyrrole nitrogens is 1. The van der Waals surface area contributed by atoms with Crippen molar-refractivity contribution in [3.63, 3.8) is 0 Å². The van der Waals surface area contributed by atoms with Gasteiger partial charge >= 0.3 is 0 Å². The van der Waals surface area contributed by atoms with Crippen molar-refractivity contribution >= 4 is 16.8 Å². The second-order valence-electron chi connectivity index (χ2n) is 6.71. The van der Waals surface area contributed by atoms with E-state index in [1.807, 2.05) is 37.3 Å². The van der Waals surface area contributed by atoms with E-state index < -0.39 is 0 Å². The van der Waals surface area contributed by atoms with E-state index in [-0.39, 0.29) is 24.1 Å². The number of benzene rings is 3. The van der Waals surface area contributed by atoms with Crippen molar-refractivity contribution in [2.24, 2.45) is 0 Å². The molecule has 1 aromatic heterocycles. The Hall–Kier alpha value is -3.47. The van der Waals surface area contributed by atoms with Crippen molar-refractivity contribution in [3.05, 3.63) is 95.2 Å². The topological polar surface area (TPSA) is 44.9 Å². The third-order valence-corrected chi connectivity index (χ3v) is 4.69. The number of carbonyl (C=O) groups is 1. The first-order valence-electron chi connectivity index (χ1n) is 8.93. The number of hydrogen-bond acceptors (Lipinski definition) is 1. The number of amides is 1. The van der Waals surface area contributed by atoms with Gasteiger partial charge in [0.2, 0.25) is 0 Å². The van der Waals surface area contributed by atoms with Crippen LogP contribution in [0.25, 0.3) is 22.0 Å². The van der Waals surface area contributed by atoms with Gasteiger partial charge in [0.05, 0.1) is 0 Å². The molecule has 0 radical (unpaired) electrons. The standard InChI is InChI=1S/C23H18F2N2O/c1-14-7-9-19(25)16(11-14)13-26-23(28)22-21(15-5-3-2-4-6-15)18-12-17(24)8-10-20(18)27-22/h2-12,27H,13H2,1H3,(H,26,28). The second kappa shape index (κ2) is 7.27. The van der Waals surface area contributed by atoms with Crippen molar-refractivity contribution in [1.82, 2.24) is 10.3 Å². The third kappa shape index (κ3) is 3.39. The first-order valence-corrected chi connectivity index (χ1v) is 8.93. The molecule has 0 bridgehead atoms. The van der Waals surface area contributed by atoms with Crippen molar-refractivity contribution in [1.29, 1.82) is 0 Å². The van der Waals surface area contributed by atoms with Gasteiger partial charge in [0, 0.05) is 28.6 Å². The van der Waals surface area contributed by atoms with Crippen molar-refractivity contribution in [2.75, 3.05) is 0 Å². The van der Waals surface area contributed by atoms with Crippen LogP contribution >= 0.6 is 0 Å². The SMILES string of the molecule is Cc1ccc(F)c(CNC(=O)c2[nH]c3ccc(F)cc3c2-c2ccccc2)c1. The Morgan fingerprint density at radius 3 is 2.57 bits per heavy atom. The summed E-state index contributed by atoms with van der Waals surface area (Å²) in [6, 6.07) is 18.5. The fourth-order valence-electron chi connectivity index (χ4n) is 3.34. The molecule has 3 nitrogen and oxygen atoms in total. The van der Waals surface area contributed by atoms with Crippen LogP contribution in [0.1, 0.15) is 21.6 Å². The number of aromatic nitrogens is 1. The minimum Gasteiger partial charge on any atom is -0.350 e. The van der Waals surface area contributed by atoms with Crippen LogP contribution < -0.4 is 5.32 Å². The quantitative estimate of drug-likeness (QED) is 0.495. The highest BCUT2D eigenvalue weighted by Gasteiger charge is 2.20. The minimum atomic E-state index is -0.378. The Morgan fingerprint density at radius 2 is 1.79 bits per heavy atom. The number of rotatable bonds is 4. The highest BCUT2D eigenvalue weighted by atomic mass is 19.1. The first kappa shape index (κ1) is 17.9. The lowest BCUT2D eigenvalue weighted by Crippen LogP contribution is -2.24. The van der Waals surface area contributed by atoms with Gasteiger partial charge in [-0.25, -0.2) is 8.78 Å². The summed E-state index contributed by atoms with van der Waals surface area (Å²) in [6.45, 7) is 1.93. The Bertz CT molecular complexity index is 1170. The summed E-state index contributed by atoms with van der Waals surface area (Å²) in [5.41, 5.74) is 3.73. The fraction of sp³-hybridized carbons (Fsp3) is 0.0870. The molecule has 0 aliphatic carbocycles. The van der Waals surface area contributed by atoms with Gasteiger partial charge in [-0.15, -0.1) is 0 Å². The predicted octanol–water partition coefficient (Wildman–Crippen LogP) is 5.35. The van der Waals surface area contributed by atoms with Crippen molar-refractivity contribution < 1.29 is 13.6 Å². The van der Waals surface area contributed by atoms with Crippen LogP contribution in [-0.2, 0) is 6.54 Å². The van der Waals surface area contributed by atoms with E-state index >= 15 is 0 Å². The molecule has 0 saturated heterocycles. The number of halogens is 2. The van der Waals surface area contributed by atoms with Crippen molar-refractivity contribution in [2.45, 2.75) is 13.5 Å². The van der Waals surface area contributed by atoms with Gasteiger partial charge in [-0.3, -0.25) is 4.79 Å². The maximum absolute atomic E-state index is 14.0. The zero-order chi connectivity index (χ0) is 19.7. The van der Waals surface area contributed by atoms with Crippen LogP contribution in [-0.4, -0.2) is 10.9 Å². The molecule has 0 spiro atoms. The number of carbonyl (C=O) groups excluding carboxylic acids is 1. The van der Waals surface area contributed by atoms with Gasteiger partial charge in [0.25, 0.3) is 5.91 Å². The van der Waals surface area contributed by atoms with Crippen molar-refractivity contribution in [3.8, 4) is 11.1 Å². The van der Waals surface area contributed by atoms with E-state index in [0.717, 1.165) is 11.1 Å². The van der Waals surface area contributed by atoms with Crippen LogP contribution in [0.2, 0.25) is 0 Å². The molecule has 0 saturated carbocycles. The third-order valence-electron chi connectivity index (χ3n) is 4.69. The number of aryl methyl sites for hydroxylation is 1. The zero-order valence-electron chi connectivity index (χ0n) is 15.2. The minimum absolute atomic E-state index is 0.0598. The van der Waals surface area contributed by atoms with Gasteiger partial charge in [0.1, 0.15) is 17.3 Å². The first-order chi connectivity index (χ1) is 13.5. The summed E-state index contributed by atoms with van der Waals surface area (Å²) in [5.74, 6) is -1.12. The lowest BCUT2D eigenvalue weighted by Gasteiger charge is -2.09. The van der Waals surface area contributed by atoms with Gasteiger partial charge in [-0.1, -0.05) is 48.0 Å². The monoisotopic (exact) mass is 376 g/mol. The average molecular weight is 376 g/mol. The molecule has 0 unspecified atom stereocenters. The van der Waals surface area contributed by atoms with Gasteiger partial charge in [0.15, 0.2) is 0 Å². The molecule has 0 aliphatic rings. The molecule has 5 heteroatoms. The molecule has 4 rings (SSSR count). The van der Waals surface area contributed by atoms with Crippen LogP contribution in [0.5, 0.6) is 0 Å². The molecule has 3 aromatic carbocycles. The van der Waals surface area contributed by atoms with Crippen LogP contribution in [0, 0.1) is 18.6 Å². The summed E-state index contributed by atoms with van der Waals surface area (Å²) in [6.07, 6.45) is 0. The van der Waals surface area contributed by atoms with E-state index in [1.165, 1.54) is 18.2 Å². The summed E-state index contributed by atoms with van der Waals surface area (Å²) in [4.78, 5) is 16.0. The van der Waals surface area contributed by atoms with E-state index in [4.69, 9.17) is 0 Å². The van der Waals surface area contributed by atoms with Gasteiger partial charge in [-0.2, -0.15) is 0 Å². The lowest BCUT2D eigenvalue weighted by molar-refractivity contribution is 0.0947.